The van der Waals surface area contributed by atoms with Crippen molar-refractivity contribution >= 4 is 0 Å². The van der Waals surface area contributed by atoms with Crippen LogP contribution in [-0.2, 0) is 13.1 Å². The van der Waals surface area contributed by atoms with Crippen molar-refractivity contribution < 1.29 is 0 Å². The molecule has 0 heterocycles. The van der Waals surface area contributed by atoms with E-state index in [4.69, 9.17) is 0 Å². The third-order valence-electron chi connectivity index (χ3n) is 3.62. The van der Waals surface area contributed by atoms with Gasteiger partial charge in [-0.05, 0) is 43.4 Å². The molecule has 0 aliphatic rings. The lowest BCUT2D eigenvalue weighted by Gasteiger charge is -2.28. The van der Waals surface area contributed by atoms with Gasteiger partial charge in [-0.1, -0.05) is 52.0 Å². The minimum absolute atomic E-state index is 0.597. The predicted octanol–water partition coefficient (Wildman–Crippen LogP) is 4.30. The molecule has 0 spiro atoms. The van der Waals surface area contributed by atoms with Crippen LogP contribution >= 0.6 is 0 Å². The SMILES string of the molecule is CC(C)CNCc1ccc(CN(CC(C)C)C(C)C)cc1. The van der Waals surface area contributed by atoms with Crippen LogP contribution < -0.4 is 5.32 Å². The second-order valence-corrected chi connectivity index (χ2v) is 7.26. The summed E-state index contributed by atoms with van der Waals surface area (Å²) in [6.45, 7) is 17.9. The first-order valence-corrected chi connectivity index (χ1v) is 8.41. The molecule has 120 valence electrons. The molecule has 1 N–H and O–H groups in total. The topological polar surface area (TPSA) is 15.3 Å². The molecule has 2 nitrogen and oxygen atoms in total. The van der Waals surface area contributed by atoms with Crippen molar-refractivity contribution in [2.45, 2.75) is 60.7 Å². The zero-order valence-electron chi connectivity index (χ0n) is 14.8. The van der Waals surface area contributed by atoms with Crippen molar-refractivity contribution in [1.29, 1.82) is 0 Å². The highest BCUT2D eigenvalue weighted by Crippen LogP contribution is 2.12. The van der Waals surface area contributed by atoms with Crippen molar-refractivity contribution in [3.8, 4) is 0 Å². The zero-order chi connectivity index (χ0) is 15.8. The van der Waals surface area contributed by atoms with E-state index in [1.54, 1.807) is 0 Å². The van der Waals surface area contributed by atoms with Crippen molar-refractivity contribution in [2.24, 2.45) is 11.8 Å². The van der Waals surface area contributed by atoms with Crippen LogP contribution in [0.5, 0.6) is 0 Å². The van der Waals surface area contributed by atoms with Crippen LogP contribution in [0.15, 0.2) is 24.3 Å². The van der Waals surface area contributed by atoms with Gasteiger partial charge in [-0.15, -0.1) is 0 Å². The van der Waals surface area contributed by atoms with E-state index in [-0.39, 0.29) is 0 Å². The Morgan fingerprint density at radius 1 is 0.857 bits per heavy atom. The summed E-state index contributed by atoms with van der Waals surface area (Å²) in [7, 11) is 0. The van der Waals surface area contributed by atoms with Gasteiger partial charge in [0.2, 0.25) is 0 Å². The largest absolute Gasteiger partial charge is 0.312 e. The Bertz CT molecular complexity index is 379. The summed E-state index contributed by atoms with van der Waals surface area (Å²) in [4.78, 5) is 2.55. The number of hydrogen-bond donors (Lipinski definition) is 1. The Kier molecular flexibility index (Phi) is 7.98. The van der Waals surface area contributed by atoms with Gasteiger partial charge in [-0.2, -0.15) is 0 Å². The van der Waals surface area contributed by atoms with Crippen molar-refractivity contribution in [2.75, 3.05) is 13.1 Å². The average Bonchev–Trinajstić information content (AvgIpc) is 2.39. The molecule has 0 saturated carbocycles. The molecular formula is C19H34N2. The summed E-state index contributed by atoms with van der Waals surface area (Å²) in [5, 5.41) is 3.50. The predicted molar refractivity (Wildman–Crippen MR) is 93.4 cm³/mol. The third kappa shape index (κ3) is 7.63. The molecule has 0 atom stereocenters. The minimum atomic E-state index is 0.597. The van der Waals surface area contributed by atoms with Gasteiger partial charge >= 0.3 is 0 Å². The van der Waals surface area contributed by atoms with Gasteiger partial charge in [0.1, 0.15) is 0 Å². The van der Waals surface area contributed by atoms with E-state index in [0.29, 0.717) is 17.9 Å². The smallest absolute Gasteiger partial charge is 0.0236 e. The van der Waals surface area contributed by atoms with Gasteiger partial charge in [0.25, 0.3) is 0 Å². The highest BCUT2D eigenvalue weighted by Gasteiger charge is 2.11. The zero-order valence-corrected chi connectivity index (χ0v) is 14.8. The first-order valence-electron chi connectivity index (χ1n) is 8.41. The molecule has 2 heteroatoms. The summed E-state index contributed by atoms with van der Waals surface area (Å²) >= 11 is 0. The maximum absolute atomic E-state index is 3.50. The van der Waals surface area contributed by atoms with Crippen LogP contribution in [-0.4, -0.2) is 24.0 Å². The standard InChI is InChI=1S/C19H34N2/c1-15(2)11-20-12-18-7-9-19(10-8-18)14-21(17(5)6)13-16(3)4/h7-10,15-17,20H,11-14H2,1-6H3. The fourth-order valence-electron chi connectivity index (χ4n) is 2.43. The van der Waals surface area contributed by atoms with E-state index < -0.39 is 0 Å². The summed E-state index contributed by atoms with van der Waals surface area (Å²) < 4.78 is 0. The number of nitrogens with zero attached hydrogens (tertiary/aromatic N) is 1. The minimum Gasteiger partial charge on any atom is -0.312 e. The Morgan fingerprint density at radius 2 is 1.43 bits per heavy atom. The lowest BCUT2D eigenvalue weighted by Crippen LogP contribution is -2.33. The summed E-state index contributed by atoms with van der Waals surface area (Å²) in [6, 6.07) is 9.68. The third-order valence-corrected chi connectivity index (χ3v) is 3.62. The van der Waals surface area contributed by atoms with Crippen LogP contribution in [0.4, 0.5) is 0 Å². The van der Waals surface area contributed by atoms with Crippen LogP contribution in [0, 0.1) is 11.8 Å². The second kappa shape index (κ2) is 9.22. The molecule has 21 heavy (non-hydrogen) atoms. The fourth-order valence-corrected chi connectivity index (χ4v) is 2.43. The molecule has 1 rings (SSSR count). The Labute approximate surface area is 131 Å². The van der Waals surface area contributed by atoms with Crippen molar-refractivity contribution in [3.63, 3.8) is 0 Å². The maximum atomic E-state index is 3.50. The number of rotatable bonds is 9. The number of hydrogen-bond acceptors (Lipinski definition) is 2. The quantitative estimate of drug-likeness (QED) is 0.729. The summed E-state index contributed by atoms with van der Waals surface area (Å²) in [6.07, 6.45) is 0. The maximum Gasteiger partial charge on any atom is 0.0236 e. The van der Waals surface area contributed by atoms with Gasteiger partial charge in [0, 0.05) is 25.7 Å². The van der Waals surface area contributed by atoms with E-state index in [2.05, 4.69) is 76.0 Å². The van der Waals surface area contributed by atoms with Gasteiger partial charge in [0.15, 0.2) is 0 Å². The molecule has 0 amide bonds. The van der Waals surface area contributed by atoms with Crippen molar-refractivity contribution in [3.05, 3.63) is 35.4 Å². The van der Waals surface area contributed by atoms with Crippen LogP contribution in [0.2, 0.25) is 0 Å². The molecule has 1 aromatic carbocycles. The van der Waals surface area contributed by atoms with Gasteiger partial charge in [0.05, 0.1) is 0 Å². The first-order chi connectivity index (χ1) is 9.88. The molecular weight excluding hydrogens is 256 g/mol. The van der Waals surface area contributed by atoms with E-state index in [0.717, 1.165) is 26.2 Å². The van der Waals surface area contributed by atoms with Gasteiger partial charge in [-0.25, -0.2) is 0 Å². The molecule has 0 bridgehead atoms. The monoisotopic (exact) mass is 290 g/mol. The number of nitrogens with one attached hydrogen (secondary N) is 1. The molecule has 0 fully saturated rings. The van der Waals surface area contributed by atoms with E-state index >= 15 is 0 Å². The molecule has 0 unspecified atom stereocenters. The van der Waals surface area contributed by atoms with Gasteiger partial charge in [-0.3, -0.25) is 4.90 Å². The normalized spacial score (nSPS) is 12.1. The summed E-state index contributed by atoms with van der Waals surface area (Å²) in [5.74, 6) is 1.42. The fraction of sp³-hybridized carbons (Fsp3) is 0.684. The molecule has 0 radical (unpaired) electrons. The lowest BCUT2D eigenvalue weighted by atomic mass is 10.1. The van der Waals surface area contributed by atoms with E-state index in [9.17, 15) is 0 Å². The summed E-state index contributed by atoms with van der Waals surface area (Å²) in [5.41, 5.74) is 2.79. The van der Waals surface area contributed by atoms with Crippen LogP contribution in [0.3, 0.4) is 0 Å². The van der Waals surface area contributed by atoms with E-state index in [1.807, 2.05) is 0 Å². The Balaban J connectivity index is 2.52. The molecule has 0 saturated heterocycles. The Hall–Kier alpha value is -0.860. The molecule has 0 aromatic heterocycles. The average molecular weight is 290 g/mol. The Morgan fingerprint density at radius 3 is 1.90 bits per heavy atom. The van der Waals surface area contributed by atoms with Gasteiger partial charge < -0.3 is 5.32 Å². The second-order valence-electron chi connectivity index (χ2n) is 7.26. The lowest BCUT2D eigenvalue weighted by molar-refractivity contribution is 0.189. The molecule has 0 aliphatic heterocycles. The molecule has 0 aliphatic carbocycles. The first kappa shape index (κ1) is 18.2. The highest BCUT2D eigenvalue weighted by atomic mass is 15.1. The molecule has 1 aromatic rings. The van der Waals surface area contributed by atoms with Crippen molar-refractivity contribution in [1.82, 2.24) is 10.2 Å². The van der Waals surface area contributed by atoms with Crippen LogP contribution in [0.1, 0.15) is 52.7 Å². The number of benzene rings is 1. The highest BCUT2D eigenvalue weighted by molar-refractivity contribution is 5.22. The van der Waals surface area contributed by atoms with Crippen LogP contribution in [0.25, 0.3) is 0 Å². The van der Waals surface area contributed by atoms with E-state index in [1.165, 1.54) is 11.1 Å².